The zero-order valence-corrected chi connectivity index (χ0v) is 12.0. The lowest BCUT2D eigenvalue weighted by atomic mass is 10.1. The molecule has 0 saturated carbocycles. The maximum Gasteiger partial charge on any atom is 0.348 e. The molecule has 18 heavy (non-hydrogen) atoms. The van der Waals surface area contributed by atoms with Crippen molar-refractivity contribution in [3.8, 4) is 11.1 Å². The van der Waals surface area contributed by atoms with Crippen molar-refractivity contribution in [2.45, 2.75) is 6.92 Å². The fourth-order valence-corrected chi connectivity index (χ4v) is 2.93. The summed E-state index contributed by atoms with van der Waals surface area (Å²) in [6.07, 6.45) is 0. The van der Waals surface area contributed by atoms with Crippen LogP contribution in [0, 0.1) is 11.6 Å². The van der Waals surface area contributed by atoms with Gasteiger partial charge in [0.2, 0.25) is 0 Å². The summed E-state index contributed by atoms with van der Waals surface area (Å²) in [6, 6.07) is 1.64. The highest BCUT2D eigenvalue weighted by molar-refractivity contribution is 7.71. The molecule has 0 bridgehead atoms. The van der Waals surface area contributed by atoms with Gasteiger partial charge in [0.05, 0.1) is 7.11 Å². The summed E-state index contributed by atoms with van der Waals surface area (Å²) in [5.41, 5.74) is 2.38. The van der Waals surface area contributed by atoms with Crippen molar-refractivity contribution in [3.63, 3.8) is 0 Å². The van der Waals surface area contributed by atoms with Crippen LogP contribution in [0.15, 0.2) is 11.4 Å². The van der Waals surface area contributed by atoms with Crippen molar-refractivity contribution in [1.82, 2.24) is 10.2 Å². The van der Waals surface area contributed by atoms with Gasteiger partial charge in [-0.25, -0.2) is 4.79 Å². The standard InChI is InChI=1S/C11H9ClN2O2S2/c1-5-4-18-9(11(15)16-2)8(5)6-3-7(12)13-14-10(6)17/h3-4H,1-2H3,(H,14,17). The number of esters is 1. The largest absolute Gasteiger partial charge is 0.465 e. The molecular formula is C11H9ClN2O2S2. The van der Waals surface area contributed by atoms with Gasteiger partial charge in [-0.3, -0.25) is 5.10 Å². The SMILES string of the molecule is COC(=O)c1scc(C)c1-c1cc(Cl)n[nH]c1=S. The first kappa shape index (κ1) is 13.2. The molecule has 0 fully saturated rings. The lowest BCUT2D eigenvalue weighted by molar-refractivity contribution is 0.0607. The number of aromatic nitrogens is 2. The summed E-state index contributed by atoms with van der Waals surface area (Å²) in [4.78, 5) is 12.2. The van der Waals surface area contributed by atoms with E-state index in [1.54, 1.807) is 6.07 Å². The van der Waals surface area contributed by atoms with Crippen LogP contribution in [-0.4, -0.2) is 23.3 Å². The molecule has 0 aliphatic carbocycles. The molecule has 0 amide bonds. The number of aromatic amines is 1. The number of nitrogens with one attached hydrogen (secondary N) is 1. The number of ether oxygens (including phenoxy) is 1. The average Bonchev–Trinajstić information content (AvgIpc) is 2.73. The summed E-state index contributed by atoms with van der Waals surface area (Å²) < 4.78 is 5.20. The maximum absolute atomic E-state index is 11.7. The minimum atomic E-state index is -0.384. The van der Waals surface area contributed by atoms with Gasteiger partial charge in [0, 0.05) is 11.1 Å². The van der Waals surface area contributed by atoms with E-state index in [-0.39, 0.29) is 5.97 Å². The predicted molar refractivity (Wildman–Crippen MR) is 73.8 cm³/mol. The molecule has 0 saturated heterocycles. The topological polar surface area (TPSA) is 55.0 Å². The molecule has 0 unspecified atom stereocenters. The second kappa shape index (κ2) is 5.17. The molecule has 0 aliphatic rings. The van der Waals surface area contributed by atoms with E-state index in [1.165, 1.54) is 18.4 Å². The molecule has 1 N–H and O–H groups in total. The van der Waals surface area contributed by atoms with E-state index in [1.807, 2.05) is 12.3 Å². The van der Waals surface area contributed by atoms with Crippen LogP contribution in [0.1, 0.15) is 15.2 Å². The summed E-state index contributed by atoms with van der Waals surface area (Å²) in [7, 11) is 1.35. The van der Waals surface area contributed by atoms with Gasteiger partial charge in [-0.1, -0.05) is 23.8 Å². The Balaban J connectivity index is 2.70. The van der Waals surface area contributed by atoms with Gasteiger partial charge in [-0.05, 0) is 23.9 Å². The van der Waals surface area contributed by atoms with Crippen LogP contribution in [0.3, 0.4) is 0 Å². The third-order valence-electron chi connectivity index (χ3n) is 2.39. The Hall–Kier alpha value is -1.24. The van der Waals surface area contributed by atoms with Gasteiger partial charge in [0.15, 0.2) is 0 Å². The fourth-order valence-electron chi connectivity index (χ4n) is 1.59. The molecular weight excluding hydrogens is 292 g/mol. The normalized spacial score (nSPS) is 10.4. The number of H-pyrrole nitrogens is 1. The fraction of sp³-hybridized carbons (Fsp3) is 0.182. The van der Waals surface area contributed by atoms with Crippen LogP contribution in [-0.2, 0) is 4.74 Å². The molecule has 0 aliphatic heterocycles. The number of carbonyl (C=O) groups excluding carboxylic acids is 1. The first-order valence-corrected chi connectivity index (χ1v) is 6.63. The van der Waals surface area contributed by atoms with Crippen LogP contribution in [0.5, 0.6) is 0 Å². The van der Waals surface area contributed by atoms with E-state index < -0.39 is 0 Å². The Morgan fingerprint density at radius 3 is 3.00 bits per heavy atom. The van der Waals surface area contributed by atoms with E-state index in [2.05, 4.69) is 10.2 Å². The molecule has 2 aromatic rings. The lowest BCUT2D eigenvalue weighted by Crippen LogP contribution is -2.01. The number of rotatable bonds is 2. The van der Waals surface area contributed by atoms with Crippen LogP contribution in [0.25, 0.3) is 11.1 Å². The lowest BCUT2D eigenvalue weighted by Gasteiger charge is -2.05. The summed E-state index contributed by atoms with van der Waals surface area (Å²) >= 11 is 12.3. The summed E-state index contributed by atoms with van der Waals surface area (Å²) in [6.45, 7) is 1.90. The van der Waals surface area contributed by atoms with Crippen LogP contribution >= 0.6 is 35.2 Å². The van der Waals surface area contributed by atoms with Crippen LogP contribution in [0.4, 0.5) is 0 Å². The zero-order valence-electron chi connectivity index (χ0n) is 9.61. The number of carbonyl (C=O) groups is 1. The highest BCUT2D eigenvalue weighted by Crippen LogP contribution is 2.34. The third-order valence-corrected chi connectivity index (χ3v) is 3.97. The Morgan fingerprint density at radius 1 is 1.61 bits per heavy atom. The molecule has 0 atom stereocenters. The first-order valence-electron chi connectivity index (χ1n) is 4.96. The number of aryl methyl sites for hydroxylation is 1. The predicted octanol–water partition coefficient (Wildman–Crippen LogP) is 3.62. The minimum absolute atomic E-state index is 0.292. The van der Waals surface area contributed by atoms with E-state index in [9.17, 15) is 4.79 Å². The van der Waals surface area contributed by atoms with Gasteiger partial charge in [0.25, 0.3) is 0 Å². The van der Waals surface area contributed by atoms with E-state index >= 15 is 0 Å². The van der Waals surface area contributed by atoms with Crippen molar-refractivity contribution >= 4 is 41.1 Å². The number of thiophene rings is 1. The molecule has 2 aromatic heterocycles. The van der Waals surface area contributed by atoms with Crippen LogP contribution < -0.4 is 0 Å². The van der Waals surface area contributed by atoms with Crippen molar-refractivity contribution in [2.24, 2.45) is 0 Å². The van der Waals surface area contributed by atoms with Crippen molar-refractivity contribution in [1.29, 1.82) is 0 Å². The van der Waals surface area contributed by atoms with E-state index in [4.69, 9.17) is 28.6 Å². The van der Waals surface area contributed by atoms with Gasteiger partial charge >= 0.3 is 5.97 Å². The summed E-state index contributed by atoms with van der Waals surface area (Å²) in [5, 5.41) is 8.62. The monoisotopic (exact) mass is 300 g/mol. The Labute approximate surface area is 118 Å². The molecule has 2 heterocycles. The van der Waals surface area contributed by atoms with E-state index in [0.717, 1.165) is 11.1 Å². The quantitative estimate of drug-likeness (QED) is 0.680. The van der Waals surface area contributed by atoms with Gasteiger partial charge in [-0.2, -0.15) is 5.10 Å². The first-order chi connectivity index (χ1) is 8.54. The van der Waals surface area contributed by atoms with Crippen molar-refractivity contribution < 1.29 is 9.53 Å². The average molecular weight is 301 g/mol. The number of hydrogen-bond donors (Lipinski definition) is 1. The van der Waals surface area contributed by atoms with E-state index in [0.29, 0.717) is 20.2 Å². The molecule has 7 heteroatoms. The molecule has 0 radical (unpaired) electrons. The van der Waals surface area contributed by atoms with Gasteiger partial charge < -0.3 is 4.74 Å². The zero-order chi connectivity index (χ0) is 13.3. The molecule has 2 rings (SSSR count). The number of methoxy groups -OCH3 is 1. The van der Waals surface area contributed by atoms with Crippen LogP contribution in [0.2, 0.25) is 5.15 Å². The highest BCUT2D eigenvalue weighted by Gasteiger charge is 2.19. The molecule has 4 nitrogen and oxygen atoms in total. The second-order valence-corrected chi connectivity index (χ2v) is 5.22. The van der Waals surface area contributed by atoms with Gasteiger partial charge in [0.1, 0.15) is 14.7 Å². The molecule has 94 valence electrons. The molecule has 0 aromatic carbocycles. The second-order valence-electron chi connectivity index (χ2n) is 3.55. The third kappa shape index (κ3) is 2.31. The Bertz CT molecular complexity index is 663. The number of nitrogens with zero attached hydrogens (tertiary/aromatic N) is 1. The van der Waals surface area contributed by atoms with Gasteiger partial charge in [-0.15, -0.1) is 11.3 Å². The number of hydrogen-bond acceptors (Lipinski definition) is 5. The van der Waals surface area contributed by atoms with Crippen molar-refractivity contribution in [3.05, 3.63) is 31.7 Å². The maximum atomic E-state index is 11.7. The highest BCUT2D eigenvalue weighted by atomic mass is 35.5. The smallest absolute Gasteiger partial charge is 0.348 e. The van der Waals surface area contributed by atoms with Crippen molar-refractivity contribution in [2.75, 3.05) is 7.11 Å². The Kier molecular flexibility index (Phi) is 3.79. The minimum Gasteiger partial charge on any atom is -0.465 e. The Morgan fingerprint density at radius 2 is 2.33 bits per heavy atom. The molecule has 0 spiro atoms. The summed E-state index contributed by atoms with van der Waals surface area (Å²) in [5.74, 6) is -0.384. The number of halogens is 1.